The van der Waals surface area contributed by atoms with Crippen LogP contribution in [-0.4, -0.2) is 0 Å². The minimum atomic E-state index is -0.0929. The Hall–Kier alpha value is -4.88. The van der Waals surface area contributed by atoms with Crippen LogP contribution in [0.1, 0.15) is 173 Å². The average Bonchev–Trinajstić information content (AvgIpc) is 3.45. The highest BCUT2D eigenvalue weighted by Crippen LogP contribution is 2.51. The third-order valence-corrected chi connectivity index (χ3v) is 14.0. The van der Waals surface area contributed by atoms with E-state index in [2.05, 4.69) is 216 Å². The first-order valence-electron chi connectivity index (χ1n) is 23.3. The van der Waals surface area contributed by atoms with Crippen molar-refractivity contribution in [3.63, 3.8) is 0 Å². The molecule has 0 aliphatic heterocycles. The van der Waals surface area contributed by atoms with E-state index in [1.165, 1.54) is 121 Å². The van der Waals surface area contributed by atoms with E-state index in [0.29, 0.717) is 11.8 Å². The summed E-state index contributed by atoms with van der Waals surface area (Å²) in [5, 5.41) is 0. The van der Waals surface area contributed by atoms with Gasteiger partial charge in [0.25, 0.3) is 0 Å². The molecule has 61 heavy (non-hydrogen) atoms. The summed E-state index contributed by atoms with van der Waals surface area (Å²) in [6.07, 6.45) is 6.66. The maximum absolute atomic E-state index is 2.54. The normalized spacial score (nSPS) is 15.5. The Morgan fingerprint density at radius 3 is 1.56 bits per heavy atom. The first kappa shape index (κ1) is 42.8. The van der Waals surface area contributed by atoms with Crippen molar-refractivity contribution in [2.45, 2.75) is 156 Å². The molecule has 0 aromatic heterocycles. The van der Waals surface area contributed by atoms with Crippen LogP contribution >= 0.6 is 0 Å². The molecule has 0 unspecified atom stereocenters. The molecule has 2 aliphatic carbocycles. The minimum absolute atomic E-state index is 0.0291. The lowest BCUT2D eigenvalue weighted by atomic mass is 9.78. The summed E-state index contributed by atoms with van der Waals surface area (Å²) >= 11 is 0. The first-order chi connectivity index (χ1) is 28.7. The average molecular weight is 806 g/mol. The van der Waals surface area contributed by atoms with Crippen molar-refractivity contribution in [1.82, 2.24) is 0 Å². The monoisotopic (exact) mass is 806 g/mol. The SMILES string of the molecule is CC(C)c1cc(-c2cc(-c3cc(C(C)(C)C)cc(C(C)(C)C)c3)cc(C(C)(C)C)c2)cc(N(c2ccc(C3CCCCC3)cc2)c2ccc3c(c2)C(C)(C)c2ccccc2-3)c1. The fraction of sp³-hybridized carbons (Fsp3) is 0.400. The molecule has 0 amide bonds. The Balaban J connectivity index is 1.33. The third kappa shape index (κ3) is 8.52. The van der Waals surface area contributed by atoms with Gasteiger partial charge in [-0.3, -0.25) is 0 Å². The van der Waals surface area contributed by atoms with Gasteiger partial charge in [0, 0.05) is 22.5 Å². The Kier molecular flexibility index (Phi) is 11.1. The molecule has 6 aromatic rings. The van der Waals surface area contributed by atoms with Gasteiger partial charge in [0.05, 0.1) is 0 Å². The number of rotatable bonds is 7. The Morgan fingerprint density at radius 2 is 0.984 bits per heavy atom. The van der Waals surface area contributed by atoms with Crippen LogP contribution in [0.2, 0.25) is 0 Å². The quantitative estimate of drug-likeness (QED) is 0.155. The maximum atomic E-state index is 2.54. The van der Waals surface area contributed by atoms with E-state index in [1.807, 2.05) is 0 Å². The molecule has 0 atom stereocenters. The van der Waals surface area contributed by atoms with Crippen LogP contribution in [0.25, 0.3) is 33.4 Å². The van der Waals surface area contributed by atoms with Gasteiger partial charge in [0.1, 0.15) is 0 Å². The van der Waals surface area contributed by atoms with E-state index in [0.717, 1.165) is 0 Å². The van der Waals surface area contributed by atoms with Gasteiger partial charge in [-0.1, -0.05) is 188 Å². The molecule has 8 rings (SSSR count). The Morgan fingerprint density at radius 1 is 0.475 bits per heavy atom. The van der Waals surface area contributed by atoms with Crippen molar-refractivity contribution in [1.29, 1.82) is 0 Å². The van der Waals surface area contributed by atoms with Crippen molar-refractivity contribution in [2.24, 2.45) is 0 Å². The smallest absolute Gasteiger partial charge is 0.0470 e. The predicted molar refractivity (Wildman–Crippen MR) is 266 cm³/mol. The van der Waals surface area contributed by atoms with E-state index in [1.54, 1.807) is 0 Å². The highest BCUT2D eigenvalue weighted by molar-refractivity contribution is 5.87. The molecule has 1 heteroatoms. The summed E-state index contributed by atoms with van der Waals surface area (Å²) < 4.78 is 0. The third-order valence-electron chi connectivity index (χ3n) is 14.0. The molecule has 1 nitrogen and oxygen atoms in total. The summed E-state index contributed by atoms with van der Waals surface area (Å²) in [4.78, 5) is 2.54. The van der Waals surface area contributed by atoms with E-state index in [4.69, 9.17) is 0 Å². The van der Waals surface area contributed by atoms with Gasteiger partial charge < -0.3 is 4.90 Å². The van der Waals surface area contributed by atoms with E-state index < -0.39 is 0 Å². The molecular weight excluding hydrogens is 735 g/mol. The molecule has 0 heterocycles. The zero-order valence-corrected chi connectivity index (χ0v) is 39.7. The highest BCUT2D eigenvalue weighted by Gasteiger charge is 2.36. The molecule has 0 bridgehead atoms. The van der Waals surface area contributed by atoms with Gasteiger partial charge in [-0.15, -0.1) is 0 Å². The second-order valence-corrected chi connectivity index (χ2v) is 22.5. The second-order valence-electron chi connectivity index (χ2n) is 22.5. The molecule has 316 valence electrons. The number of fused-ring (bicyclic) bond motifs is 3. The maximum Gasteiger partial charge on any atom is 0.0470 e. The topological polar surface area (TPSA) is 3.24 Å². The first-order valence-corrected chi connectivity index (χ1v) is 23.3. The lowest BCUT2D eigenvalue weighted by molar-refractivity contribution is 0.443. The van der Waals surface area contributed by atoms with Crippen LogP contribution < -0.4 is 4.90 Å². The summed E-state index contributed by atoms with van der Waals surface area (Å²) in [6, 6.07) is 47.9. The molecule has 0 radical (unpaired) electrons. The molecule has 6 aromatic carbocycles. The molecule has 0 spiro atoms. The number of anilines is 3. The number of hydrogen-bond donors (Lipinski definition) is 0. The van der Waals surface area contributed by atoms with Crippen LogP contribution in [-0.2, 0) is 21.7 Å². The molecule has 1 saturated carbocycles. The van der Waals surface area contributed by atoms with Crippen LogP contribution in [0.15, 0.2) is 121 Å². The number of benzene rings is 6. The van der Waals surface area contributed by atoms with Gasteiger partial charge >= 0.3 is 0 Å². The van der Waals surface area contributed by atoms with Crippen LogP contribution in [0.3, 0.4) is 0 Å². The van der Waals surface area contributed by atoms with Gasteiger partial charge in [0.15, 0.2) is 0 Å². The predicted octanol–water partition coefficient (Wildman–Crippen LogP) is 17.9. The van der Waals surface area contributed by atoms with Crippen molar-refractivity contribution in [3.8, 4) is 33.4 Å². The van der Waals surface area contributed by atoms with Crippen LogP contribution in [0, 0.1) is 0 Å². The molecular formula is C60H71N. The molecule has 2 aliphatic rings. The minimum Gasteiger partial charge on any atom is -0.310 e. The van der Waals surface area contributed by atoms with Crippen LogP contribution in [0.5, 0.6) is 0 Å². The summed E-state index contributed by atoms with van der Waals surface area (Å²) in [5.74, 6) is 1.02. The van der Waals surface area contributed by atoms with Crippen molar-refractivity contribution >= 4 is 17.1 Å². The fourth-order valence-electron chi connectivity index (χ4n) is 9.93. The molecule has 0 saturated heterocycles. The van der Waals surface area contributed by atoms with Gasteiger partial charge in [0.2, 0.25) is 0 Å². The van der Waals surface area contributed by atoms with Gasteiger partial charge in [-0.25, -0.2) is 0 Å². The zero-order valence-electron chi connectivity index (χ0n) is 39.7. The largest absolute Gasteiger partial charge is 0.310 e. The lowest BCUT2D eigenvalue weighted by Gasteiger charge is -2.30. The summed E-state index contributed by atoms with van der Waals surface area (Å²) in [6.45, 7) is 30.5. The highest BCUT2D eigenvalue weighted by atomic mass is 15.1. The Labute approximate surface area is 369 Å². The lowest BCUT2D eigenvalue weighted by Crippen LogP contribution is -2.17. The standard InChI is InChI=1S/C60H71N/c1-39(2)42-29-45(43-30-44(32-47(31-43)57(3,4)5)46-33-48(58(6,7)8)37-49(34-46)59(9,10)11)36-52(35-42)61(50-25-23-41(24-26-50)40-19-15-14-16-20-40)51-27-28-54-53-21-17-18-22-55(53)60(12,13)56(54)38-51/h17-18,21-40H,14-16,19-20H2,1-13H3. The zero-order chi connectivity index (χ0) is 43.6. The van der Waals surface area contributed by atoms with E-state index in [9.17, 15) is 0 Å². The van der Waals surface area contributed by atoms with Crippen LogP contribution in [0.4, 0.5) is 17.1 Å². The van der Waals surface area contributed by atoms with E-state index in [-0.39, 0.29) is 21.7 Å². The summed E-state index contributed by atoms with van der Waals surface area (Å²) in [7, 11) is 0. The number of nitrogens with zero attached hydrogens (tertiary/aromatic N) is 1. The number of hydrogen-bond acceptors (Lipinski definition) is 1. The summed E-state index contributed by atoms with van der Waals surface area (Å²) in [5.41, 5.74) is 21.1. The van der Waals surface area contributed by atoms with Gasteiger partial charge in [-0.2, -0.15) is 0 Å². The van der Waals surface area contributed by atoms with Crippen molar-refractivity contribution < 1.29 is 0 Å². The second kappa shape index (κ2) is 15.8. The van der Waals surface area contributed by atoms with E-state index >= 15 is 0 Å². The Bertz CT molecular complexity index is 2520. The molecule has 1 fully saturated rings. The fourth-order valence-corrected chi connectivity index (χ4v) is 9.93. The van der Waals surface area contributed by atoms with Gasteiger partial charge in [-0.05, 0) is 156 Å². The van der Waals surface area contributed by atoms with Crippen molar-refractivity contribution in [3.05, 3.63) is 160 Å². The molecule has 0 N–H and O–H groups in total. The van der Waals surface area contributed by atoms with Crippen molar-refractivity contribution in [2.75, 3.05) is 4.90 Å².